The van der Waals surface area contributed by atoms with Crippen molar-refractivity contribution in [2.75, 3.05) is 32.7 Å². The van der Waals surface area contributed by atoms with E-state index < -0.39 is 0 Å². The van der Waals surface area contributed by atoms with Crippen LogP contribution in [0.3, 0.4) is 0 Å². The highest BCUT2D eigenvalue weighted by Gasteiger charge is 2.20. The molecule has 4 nitrogen and oxygen atoms in total. The molecule has 18 heavy (non-hydrogen) atoms. The van der Waals surface area contributed by atoms with Gasteiger partial charge in [0.15, 0.2) is 0 Å². The minimum Gasteiger partial charge on any atom is -0.310 e. The van der Waals surface area contributed by atoms with Gasteiger partial charge in [0, 0.05) is 38.8 Å². The van der Waals surface area contributed by atoms with Gasteiger partial charge in [-0.3, -0.25) is 16.2 Å². The molecule has 0 amide bonds. The molecular formula is C14H24N4. The van der Waals surface area contributed by atoms with Crippen LogP contribution in [0.5, 0.6) is 0 Å². The first-order valence-electron chi connectivity index (χ1n) is 6.73. The second-order valence-electron chi connectivity index (χ2n) is 5.13. The summed E-state index contributed by atoms with van der Waals surface area (Å²) in [6, 6.07) is 11.2. The van der Waals surface area contributed by atoms with Crippen LogP contribution in [-0.4, -0.2) is 43.7 Å². The summed E-state index contributed by atoms with van der Waals surface area (Å²) in [5, 5.41) is 3.48. The van der Waals surface area contributed by atoms with Crippen LogP contribution < -0.4 is 16.6 Å². The fourth-order valence-electron chi connectivity index (χ4n) is 2.61. The number of benzene rings is 1. The quantitative estimate of drug-likeness (QED) is 0.525. The normalized spacial score (nSPS) is 22.9. The van der Waals surface area contributed by atoms with E-state index in [9.17, 15) is 0 Å². The summed E-state index contributed by atoms with van der Waals surface area (Å²) in [5.74, 6) is 5.97. The van der Waals surface area contributed by atoms with Crippen molar-refractivity contribution in [3.63, 3.8) is 0 Å². The molecule has 1 heterocycles. The van der Waals surface area contributed by atoms with Crippen molar-refractivity contribution in [1.82, 2.24) is 15.6 Å². The Morgan fingerprint density at radius 3 is 2.94 bits per heavy atom. The van der Waals surface area contributed by atoms with E-state index >= 15 is 0 Å². The molecule has 1 fully saturated rings. The van der Waals surface area contributed by atoms with E-state index in [1.165, 1.54) is 5.56 Å². The fourth-order valence-corrected chi connectivity index (χ4v) is 2.61. The molecule has 1 aliphatic heterocycles. The lowest BCUT2D eigenvalue weighted by Crippen LogP contribution is -2.55. The Kier molecular flexibility index (Phi) is 5.13. The first-order chi connectivity index (χ1) is 8.79. The summed E-state index contributed by atoms with van der Waals surface area (Å²) >= 11 is 0. The van der Waals surface area contributed by atoms with Gasteiger partial charge in [0.05, 0.1) is 0 Å². The van der Waals surface area contributed by atoms with Gasteiger partial charge in [-0.15, -0.1) is 0 Å². The SMILES string of the molecule is CC(CN1CCNC(CNN)C1)c1ccccc1. The van der Waals surface area contributed by atoms with Crippen molar-refractivity contribution < 1.29 is 0 Å². The van der Waals surface area contributed by atoms with E-state index in [1.807, 2.05) is 0 Å². The molecule has 2 atom stereocenters. The highest BCUT2D eigenvalue weighted by molar-refractivity contribution is 5.19. The Morgan fingerprint density at radius 1 is 1.44 bits per heavy atom. The molecule has 0 spiro atoms. The van der Waals surface area contributed by atoms with Crippen LogP contribution in [-0.2, 0) is 0 Å². The predicted octanol–water partition coefficient (Wildman–Crippen LogP) is 0.527. The third-order valence-electron chi connectivity index (χ3n) is 3.60. The van der Waals surface area contributed by atoms with Gasteiger partial charge in [0.25, 0.3) is 0 Å². The predicted molar refractivity (Wildman–Crippen MR) is 75.3 cm³/mol. The third kappa shape index (κ3) is 3.78. The number of rotatable bonds is 5. The summed E-state index contributed by atoms with van der Waals surface area (Å²) in [4.78, 5) is 2.52. The zero-order valence-electron chi connectivity index (χ0n) is 11.1. The van der Waals surface area contributed by atoms with E-state index in [0.29, 0.717) is 12.0 Å². The second kappa shape index (κ2) is 6.85. The molecule has 1 aromatic rings. The van der Waals surface area contributed by atoms with Gasteiger partial charge in [0.2, 0.25) is 0 Å². The van der Waals surface area contributed by atoms with Crippen molar-refractivity contribution in [2.24, 2.45) is 5.84 Å². The molecular weight excluding hydrogens is 224 g/mol. The lowest BCUT2D eigenvalue weighted by molar-refractivity contribution is 0.190. The third-order valence-corrected chi connectivity index (χ3v) is 3.60. The highest BCUT2D eigenvalue weighted by Crippen LogP contribution is 2.16. The first-order valence-corrected chi connectivity index (χ1v) is 6.73. The van der Waals surface area contributed by atoms with Crippen molar-refractivity contribution >= 4 is 0 Å². The second-order valence-corrected chi connectivity index (χ2v) is 5.13. The van der Waals surface area contributed by atoms with Gasteiger partial charge in [-0.05, 0) is 11.5 Å². The summed E-state index contributed by atoms with van der Waals surface area (Å²) in [6.07, 6.45) is 0. The number of hydrogen-bond acceptors (Lipinski definition) is 4. The first kappa shape index (κ1) is 13.5. The van der Waals surface area contributed by atoms with Crippen LogP contribution in [0.15, 0.2) is 30.3 Å². The number of piperazine rings is 1. The maximum atomic E-state index is 5.39. The maximum Gasteiger partial charge on any atom is 0.0334 e. The molecule has 0 bridgehead atoms. The Bertz CT molecular complexity index is 339. The Hall–Kier alpha value is -0.940. The lowest BCUT2D eigenvalue weighted by atomic mass is 10.00. The van der Waals surface area contributed by atoms with E-state index in [0.717, 1.165) is 32.7 Å². The van der Waals surface area contributed by atoms with Gasteiger partial charge < -0.3 is 5.32 Å². The molecule has 1 saturated heterocycles. The molecule has 4 N–H and O–H groups in total. The zero-order valence-corrected chi connectivity index (χ0v) is 11.1. The Morgan fingerprint density at radius 2 is 2.22 bits per heavy atom. The molecule has 1 aliphatic rings. The molecule has 1 aromatic carbocycles. The molecule has 0 saturated carbocycles. The van der Waals surface area contributed by atoms with Crippen LogP contribution >= 0.6 is 0 Å². The van der Waals surface area contributed by atoms with Crippen molar-refractivity contribution in [3.8, 4) is 0 Å². The zero-order chi connectivity index (χ0) is 12.8. The minimum absolute atomic E-state index is 0.465. The minimum atomic E-state index is 0.465. The van der Waals surface area contributed by atoms with Crippen LogP contribution in [0, 0.1) is 0 Å². The average Bonchev–Trinajstić information content (AvgIpc) is 2.40. The molecule has 0 radical (unpaired) electrons. The molecule has 0 aromatic heterocycles. The van der Waals surface area contributed by atoms with Gasteiger partial charge in [-0.25, -0.2) is 0 Å². The number of hydrazine groups is 1. The molecule has 100 valence electrons. The fraction of sp³-hybridized carbons (Fsp3) is 0.571. The van der Waals surface area contributed by atoms with Crippen molar-refractivity contribution in [2.45, 2.75) is 18.9 Å². The van der Waals surface area contributed by atoms with Crippen LogP contribution in [0.2, 0.25) is 0 Å². The van der Waals surface area contributed by atoms with E-state index in [4.69, 9.17) is 5.84 Å². The van der Waals surface area contributed by atoms with Gasteiger partial charge in [0.1, 0.15) is 0 Å². The Labute approximate surface area is 110 Å². The standard InChI is InChI=1S/C14H24N4/c1-12(13-5-3-2-4-6-13)10-18-8-7-16-14(11-18)9-17-15/h2-6,12,14,16-17H,7-11,15H2,1H3. The highest BCUT2D eigenvalue weighted by atomic mass is 15.3. The number of nitrogens with zero attached hydrogens (tertiary/aromatic N) is 1. The topological polar surface area (TPSA) is 53.3 Å². The van der Waals surface area contributed by atoms with E-state index in [1.54, 1.807) is 0 Å². The van der Waals surface area contributed by atoms with Crippen LogP contribution in [0.4, 0.5) is 0 Å². The summed E-state index contributed by atoms with van der Waals surface area (Å²) in [6.45, 7) is 7.49. The van der Waals surface area contributed by atoms with Crippen LogP contribution in [0.1, 0.15) is 18.4 Å². The van der Waals surface area contributed by atoms with E-state index in [2.05, 4.69) is 52.9 Å². The molecule has 0 aliphatic carbocycles. The summed E-state index contributed by atoms with van der Waals surface area (Å²) in [7, 11) is 0. The van der Waals surface area contributed by atoms with E-state index in [-0.39, 0.29) is 0 Å². The average molecular weight is 248 g/mol. The largest absolute Gasteiger partial charge is 0.310 e. The lowest BCUT2D eigenvalue weighted by Gasteiger charge is -2.35. The molecule has 2 rings (SSSR count). The Balaban J connectivity index is 1.85. The van der Waals surface area contributed by atoms with Gasteiger partial charge in [-0.2, -0.15) is 0 Å². The van der Waals surface area contributed by atoms with Crippen molar-refractivity contribution in [1.29, 1.82) is 0 Å². The summed E-state index contributed by atoms with van der Waals surface area (Å²) in [5.41, 5.74) is 4.17. The van der Waals surface area contributed by atoms with Crippen LogP contribution in [0.25, 0.3) is 0 Å². The maximum absolute atomic E-state index is 5.39. The van der Waals surface area contributed by atoms with Crippen molar-refractivity contribution in [3.05, 3.63) is 35.9 Å². The summed E-state index contributed by atoms with van der Waals surface area (Å²) < 4.78 is 0. The number of nitrogens with two attached hydrogens (primary N) is 1. The molecule has 4 heteroatoms. The smallest absolute Gasteiger partial charge is 0.0334 e. The number of nitrogens with one attached hydrogen (secondary N) is 2. The number of hydrogen-bond donors (Lipinski definition) is 3. The van der Waals surface area contributed by atoms with Gasteiger partial charge in [-0.1, -0.05) is 37.3 Å². The van der Waals surface area contributed by atoms with Gasteiger partial charge >= 0.3 is 0 Å². The monoisotopic (exact) mass is 248 g/mol. The molecule has 2 unspecified atom stereocenters.